The molecule has 0 heteroatoms. The SMILES string of the molecule is c1ccc(-c2c3ccccc3c(-c3ccc(-c4cccc(-c5ccc6ccccc6c5)c4)c(-c4cccc(-c5ccc6ccccc6c5)c4)c3)c3ccccc23)cc1. The molecular formula is C58H38. The van der Waals surface area contributed by atoms with Crippen molar-refractivity contribution in [2.45, 2.75) is 0 Å². The van der Waals surface area contributed by atoms with Gasteiger partial charge in [0.2, 0.25) is 0 Å². The Morgan fingerprint density at radius 3 is 1.09 bits per heavy atom. The highest BCUT2D eigenvalue weighted by atomic mass is 14.2. The van der Waals surface area contributed by atoms with Crippen LogP contribution in [0.4, 0.5) is 0 Å². The molecule has 0 spiro atoms. The topological polar surface area (TPSA) is 0 Å². The summed E-state index contributed by atoms with van der Waals surface area (Å²) >= 11 is 0. The van der Waals surface area contributed by atoms with Crippen LogP contribution in [0.1, 0.15) is 0 Å². The number of fused-ring (bicyclic) bond motifs is 4. The summed E-state index contributed by atoms with van der Waals surface area (Å²) in [5, 5.41) is 10.0. The second-order valence-electron chi connectivity index (χ2n) is 15.3. The molecule has 0 nitrogen and oxygen atoms in total. The Morgan fingerprint density at radius 2 is 0.552 bits per heavy atom. The first-order valence-electron chi connectivity index (χ1n) is 20.1. The van der Waals surface area contributed by atoms with E-state index in [-0.39, 0.29) is 0 Å². The molecule has 11 rings (SSSR count). The van der Waals surface area contributed by atoms with Gasteiger partial charge in [-0.15, -0.1) is 0 Å². The summed E-state index contributed by atoms with van der Waals surface area (Å²) in [4.78, 5) is 0. The lowest BCUT2D eigenvalue weighted by Crippen LogP contribution is -1.93. The third-order valence-corrected chi connectivity index (χ3v) is 11.8. The van der Waals surface area contributed by atoms with E-state index in [1.807, 2.05) is 0 Å². The fraction of sp³-hybridized carbons (Fsp3) is 0. The average Bonchev–Trinajstić information content (AvgIpc) is 3.30. The molecule has 58 heavy (non-hydrogen) atoms. The van der Waals surface area contributed by atoms with Gasteiger partial charge in [-0.25, -0.2) is 0 Å². The van der Waals surface area contributed by atoms with Crippen LogP contribution in [0.5, 0.6) is 0 Å². The monoisotopic (exact) mass is 734 g/mol. The summed E-state index contributed by atoms with van der Waals surface area (Å²) in [5.74, 6) is 0. The lowest BCUT2D eigenvalue weighted by Gasteiger charge is -2.20. The minimum absolute atomic E-state index is 1.19. The fourth-order valence-corrected chi connectivity index (χ4v) is 9.02. The maximum atomic E-state index is 2.44. The third-order valence-electron chi connectivity index (χ3n) is 11.8. The molecule has 0 radical (unpaired) electrons. The molecular weight excluding hydrogens is 697 g/mol. The highest BCUT2D eigenvalue weighted by Gasteiger charge is 2.19. The van der Waals surface area contributed by atoms with Crippen LogP contribution in [0.3, 0.4) is 0 Å². The van der Waals surface area contributed by atoms with Gasteiger partial charge < -0.3 is 0 Å². The number of benzene rings is 11. The summed E-state index contributed by atoms with van der Waals surface area (Å²) < 4.78 is 0. The molecule has 0 saturated heterocycles. The predicted octanol–water partition coefficient (Wildman–Crippen LogP) is 16.3. The molecule has 11 aromatic carbocycles. The second kappa shape index (κ2) is 14.2. The molecule has 0 aliphatic heterocycles. The van der Waals surface area contributed by atoms with Gasteiger partial charge in [-0.2, -0.15) is 0 Å². The minimum atomic E-state index is 1.19. The minimum Gasteiger partial charge on any atom is -0.0622 e. The van der Waals surface area contributed by atoms with Gasteiger partial charge >= 0.3 is 0 Å². The highest BCUT2D eigenvalue weighted by Crippen LogP contribution is 2.46. The Kier molecular flexibility index (Phi) is 8.26. The molecule has 0 N–H and O–H groups in total. The van der Waals surface area contributed by atoms with Gasteiger partial charge in [-0.3, -0.25) is 0 Å². The Morgan fingerprint density at radius 1 is 0.172 bits per heavy atom. The first-order chi connectivity index (χ1) is 28.7. The summed E-state index contributed by atoms with van der Waals surface area (Å²) in [6, 6.07) is 84.7. The zero-order valence-electron chi connectivity index (χ0n) is 31.9. The van der Waals surface area contributed by atoms with E-state index in [9.17, 15) is 0 Å². The molecule has 0 saturated carbocycles. The molecule has 0 aliphatic carbocycles. The Bertz CT molecular complexity index is 3280. The Hall–Kier alpha value is -7.54. The van der Waals surface area contributed by atoms with Gasteiger partial charge in [0.1, 0.15) is 0 Å². The van der Waals surface area contributed by atoms with Crippen LogP contribution in [0.25, 0.3) is 110 Å². The van der Waals surface area contributed by atoms with Crippen LogP contribution in [-0.4, -0.2) is 0 Å². The van der Waals surface area contributed by atoms with Crippen LogP contribution in [0.2, 0.25) is 0 Å². The fourth-order valence-electron chi connectivity index (χ4n) is 9.02. The quantitative estimate of drug-likeness (QED) is 0.149. The van der Waals surface area contributed by atoms with E-state index < -0.39 is 0 Å². The van der Waals surface area contributed by atoms with Crippen molar-refractivity contribution in [3.8, 4) is 66.8 Å². The summed E-state index contributed by atoms with van der Waals surface area (Å²) in [6.45, 7) is 0. The number of rotatable bonds is 6. The van der Waals surface area contributed by atoms with Crippen molar-refractivity contribution >= 4 is 43.1 Å². The first-order valence-corrected chi connectivity index (χ1v) is 20.1. The van der Waals surface area contributed by atoms with E-state index in [2.05, 4.69) is 231 Å². The molecule has 270 valence electrons. The number of hydrogen-bond acceptors (Lipinski definition) is 0. The number of hydrogen-bond donors (Lipinski definition) is 0. The zero-order valence-corrected chi connectivity index (χ0v) is 31.9. The lowest BCUT2D eigenvalue weighted by atomic mass is 9.84. The maximum Gasteiger partial charge on any atom is -0.00261 e. The summed E-state index contributed by atoms with van der Waals surface area (Å²) in [7, 11) is 0. The van der Waals surface area contributed by atoms with Crippen LogP contribution in [0.15, 0.2) is 231 Å². The van der Waals surface area contributed by atoms with E-state index in [0.29, 0.717) is 0 Å². The molecule has 0 amide bonds. The van der Waals surface area contributed by atoms with Gasteiger partial charge in [0.15, 0.2) is 0 Å². The zero-order chi connectivity index (χ0) is 38.4. The third kappa shape index (κ3) is 5.95. The van der Waals surface area contributed by atoms with E-state index in [1.165, 1.54) is 110 Å². The molecule has 0 atom stereocenters. The standard InChI is InChI=1S/C58H38/c1-2-16-41(17-3-1)57-52-24-8-10-26-54(52)58(55-27-11-9-25-53(55)57)50-32-33-51(48-22-12-20-44(36-48)46-30-28-39-14-4-6-18-42(39)34-46)56(38-50)49-23-13-21-45(37-49)47-31-29-40-15-5-7-19-43(40)35-47/h1-38H. The van der Waals surface area contributed by atoms with Gasteiger partial charge in [-0.1, -0.05) is 200 Å². The van der Waals surface area contributed by atoms with Crippen molar-refractivity contribution in [1.82, 2.24) is 0 Å². The van der Waals surface area contributed by atoms with Crippen LogP contribution < -0.4 is 0 Å². The molecule has 0 fully saturated rings. The van der Waals surface area contributed by atoms with Gasteiger partial charge in [0, 0.05) is 0 Å². The summed E-state index contributed by atoms with van der Waals surface area (Å²) in [6.07, 6.45) is 0. The van der Waals surface area contributed by atoms with Gasteiger partial charge in [-0.05, 0) is 140 Å². The van der Waals surface area contributed by atoms with E-state index in [1.54, 1.807) is 0 Å². The predicted molar refractivity (Wildman–Crippen MR) is 249 cm³/mol. The maximum absolute atomic E-state index is 2.44. The van der Waals surface area contributed by atoms with Gasteiger partial charge in [0.05, 0.1) is 0 Å². The molecule has 0 heterocycles. The van der Waals surface area contributed by atoms with Crippen LogP contribution in [-0.2, 0) is 0 Å². The normalized spacial score (nSPS) is 11.4. The van der Waals surface area contributed by atoms with Crippen molar-refractivity contribution in [3.63, 3.8) is 0 Å². The Labute approximate surface area is 339 Å². The second-order valence-corrected chi connectivity index (χ2v) is 15.3. The lowest BCUT2D eigenvalue weighted by molar-refractivity contribution is 1.56. The Balaban J connectivity index is 1.14. The first kappa shape index (κ1) is 33.8. The van der Waals surface area contributed by atoms with Crippen molar-refractivity contribution in [2.24, 2.45) is 0 Å². The van der Waals surface area contributed by atoms with Crippen LogP contribution >= 0.6 is 0 Å². The average molecular weight is 735 g/mol. The largest absolute Gasteiger partial charge is 0.0622 e. The van der Waals surface area contributed by atoms with Crippen molar-refractivity contribution < 1.29 is 0 Å². The van der Waals surface area contributed by atoms with E-state index in [0.717, 1.165) is 0 Å². The molecule has 0 aromatic heterocycles. The van der Waals surface area contributed by atoms with Crippen LogP contribution in [0, 0.1) is 0 Å². The molecule has 0 bridgehead atoms. The van der Waals surface area contributed by atoms with E-state index >= 15 is 0 Å². The van der Waals surface area contributed by atoms with Gasteiger partial charge in [0.25, 0.3) is 0 Å². The van der Waals surface area contributed by atoms with Crippen molar-refractivity contribution in [2.75, 3.05) is 0 Å². The van der Waals surface area contributed by atoms with E-state index in [4.69, 9.17) is 0 Å². The van der Waals surface area contributed by atoms with Crippen molar-refractivity contribution in [1.29, 1.82) is 0 Å². The van der Waals surface area contributed by atoms with Crippen molar-refractivity contribution in [3.05, 3.63) is 231 Å². The molecule has 0 aliphatic rings. The molecule has 0 unspecified atom stereocenters. The molecule has 11 aromatic rings. The highest BCUT2D eigenvalue weighted by molar-refractivity contribution is 6.21. The smallest absolute Gasteiger partial charge is 0.00261 e. The summed E-state index contributed by atoms with van der Waals surface area (Å²) in [5.41, 5.74) is 14.6.